The summed E-state index contributed by atoms with van der Waals surface area (Å²) < 4.78 is 55.9. The van der Waals surface area contributed by atoms with Crippen LogP contribution >= 0.6 is 0 Å². The minimum Gasteiger partial charge on any atom is -0.487 e. The van der Waals surface area contributed by atoms with Crippen molar-refractivity contribution >= 4 is 5.91 Å². The summed E-state index contributed by atoms with van der Waals surface area (Å²) in [4.78, 5) is 12.6. The third-order valence-corrected chi connectivity index (χ3v) is 2.88. The molecule has 0 unspecified atom stereocenters. The fourth-order valence-corrected chi connectivity index (χ4v) is 1.83. The summed E-state index contributed by atoms with van der Waals surface area (Å²) >= 11 is 0. The van der Waals surface area contributed by atoms with E-state index < -0.39 is 23.7 Å². The number of alkyl halides is 3. The molecule has 0 bridgehead atoms. The van der Waals surface area contributed by atoms with Gasteiger partial charge in [0.25, 0.3) is 0 Å². The highest BCUT2D eigenvalue weighted by atomic mass is 19.4. The molecular formula is C12H12F4N2O2. The smallest absolute Gasteiger partial charge is 0.416 e. The molecule has 1 aromatic rings. The second-order valence-corrected chi connectivity index (χ2v) is 4.42. The number of benzene rings is 1. The predicted molar refractivity (Wildman–Crippen MR) is 61.5 cm³/mol. The van der Waals surface area contributed by atoms with Gasteiger partial charge in [-0.05, 0) is 12.1 Å². The van der Waals surface area contributed by atoms with E-state index in [1.54, 1.807) is 0 Å². The SMILES string of the molecule is NCC(=O)N1CC(Oc2cc(F)cc(C(F)(F)F)c2)C1. The number of hydrogen-bond acceptors (Lipinski definition) is 3. The molecule has 1 aromatic carbocycles. The third-order valence-electron chi connectivity index (χ3n) is 2.88. The fourth-order valence-electron chi connectivity index (χ4n) is 1.83. The maximum absolute atomic E-state index is 13.1. The van der Waals surface area contributed by atoms with E-state index >= 15 is 0 Å². The number of carbonyl (C=O) groups is 1. The Kier molecular flexibility index (Phi) is 3.85. The van der Waals surface area contributed by atoms with Crippen LogP contribution in [0.2, 0.25) is 0 Å². The summed E-state index contributed by atoms with van der Waals surface area (Å²) in [5.41, 5.74) is 4.05. The van der Waals surface area contributed by atoms with Crippen molar-refractivity contribution < 1.29 is 27.1 Å². The molecule has 0 aliphatic carbocycles. The molecule has 0 atom stereocenters. The van der Waals surface area contributed by atoms with Gasteiger partial charge < -0.3 is 15.4 Å². The number of rotatable bonds is 3. The van der Waals surface area contributed by atoms with E-state index in [-0.39, 0.29) is 31.3 Å². The average Bonchev–Trinajstić information content (AvgIpc) is 2.30. The molecule has 2 rings (SSSR count). The van der Waals surface area contributed by atoms with E-state index in [2.05, 4.69) is 0 Å². The lowest BCUT2D eigenvalue weighted by molar-refractivity contribution is -0.138. The Morgan fingerprint density at radius 1 is 1.35 bits per heavy atom. The Balaban J connectivity index is 2.01. The first-order chi connectivity index (χ1) is 9.29. The molecule has 4 nitrogen and oxygen atoms in total. The van der Waals surface area contributed by atoms with Gasteiger partial charge in [-0.25, -0.2) is 4.39 Å². The Labute approximate surface area is 112 Å². The zero-order valence-electron chi connectivity index (χ0n) is 10.3. The molecule has 1 saturated heterocycles. The van der Waals surface area contributed by atoms with Gasteiger partial charge in [0.1, 0.15) is 17.7 Å². The van der Waals surface area contributed by atoms with Crippen molar-refractivity contribution in [3.63, 3.8) is 0 Å². The van der Waals surface area contributed by atoms with Gasteiger partial charge in [0.05, 0.1) is 25.2 Å². The highest BCUT2D eigenvalue weighted by Gasteiger charge is 2.34. The first kappa shape index (κ1) is 14.6. The van der Waals surface area contributed by atoms with Crippen molar-refractivity contribution in [3.05, 3.63) is 29.6 Å². The van der Waals surface area contributed by atoms with Gasteiger partial charge in [0.15, 0.2) is 0 Å². The van der Waals surface area contributed by atoms with Gasteiger partial charge in [-0.3, -0.25) is 4.79 Å². The second-order valence-electron chi connectivity index (χ2n) is 4.42. The van der Waals surface area contributed by atoms with Gasteiger partial charge in [-0.2, -0.15) is 13.2 Å². The molecule has 0 saturated carbocycles. The predicted octanol–water partition coefficient (Wildman–Crippen LogP) is 1.39. The minimum atomic E-state index is -4.64. The molecule has 0 aromatic heterocycles. The number of nitrogens with two attached hydrogens (primary N) is 1. The minimum absolute atomic E-state index is 0.134. The lowest BCUT2D eigenvalue weighted by Crippen LogP contribution is -2.57. The van der Waals surface area contributed by atoms with E-state index in [9.17, 15) is 22.4 Å². The molecule has 1 amide bonds. The quantitative estimate of drug-likeness (QED) is 0.857. The lowest BCUT2D eigenvalue weighted by atomic mass is 10.1. The Morgan fingerprint density at radius 3 is 2.55 bits per heavy atom. The number of halogens is 4. The van der Waals surface area contributed by atoms with Gasteiger partial charge in [0.2, 0.25) is 5.91 Å². The molecule has 1 fully saturated rings. The van der Waals surface area contributed by atoms with Crippen molar-refractivity contribution in [1.82, 2.24) is 4.90 Å². The summed E-state index contributed by atoms with van der Waals surface area (Å²) in [6.45, 7) is 0.326. The summed E-state index contributed by atoms with van der Waals surface area (Å²) in [6, 6.07) is 2.01. The highest BCUT2D eigenvalue weighted by molar-refractivity contribution is 5.78. The van der Waals surface area contributed by atoms with Crippen molar-refractivity contribution in [2.24, 2.45) is 5.73 Å². The molecule has 0 radical (unpaired) electrons. The maximum atomic E-state index is 13.1. The van der Waals surface area contributed by atoms with Gasteiger partial charge in [-0.15, -0.1) is 0 Å². The molecule has 20 heavy (non-hydrogen) atoms. The zero-order valence-corrected chi connectivity index (χ0v) is 10.3. The van der Waals surface area contributed by atoms with Crippen LogP contribution in [0.5, 0.6) is 5.75 Å². The lowest BCUT2D eigenvalue weighted by Gasteiger charge is -2.38. The topological polar surface area (TPSA) is 55.6 Å². The van der Waals surface area contributed by atoms with Crippen molar-refractivity contribution in [3.8, 4) is 5.75 Å². The van der Waals surface area contributed by atoms with E-state index in [0.717, 1.165) is 12.1 Å². The van der Waals surface area contributed by atoms with Gasteiger partial charge in [-0.1, -0.05) is 0 Å². The molecule has 0 spiro atoms. The largest absolute Gasteiger partial charge is 0.487 e. The third kappa shape index (κ3) is 3.19. The van der Waals surface area contributed by atoms with E-state index in [0.29, 0.717) is 6.07 Å². The van der Waals surface area contributed by atoms with Crippen molar-refractivity contribution in [2.75, 3.05) is 19.6 Å². The second kappa shape index (κ2) is 5.28. The van der Waals surface area contributed by atoms with Crippen molar-refractivity contribution in [1.29, 1.82) is 0 Å². The Bertz CT molecular complexity index is 513. The number of likely N-dealkylation sites (tertiary alicyclic amines) is 1. The Hall–Kier alpha value is -1.83. The molecular weight excluding hydrogens is 280 g/mol. The first-order valence-corrected chi connectivity index (χ1v) is 5.82. The first-order valence-electron chi connectivity index (χ1n) is 5.82. The van der Waals surface area contributed by atoms with Gasteiger partial charge in [0, 0.05) is 6.07 Å². The monoisotopic (exact) mass is 292 g/mol. The Morgan fingerprint density at radius 2 is 2.00 bits per heavy atom. The molecule has 1 aliphatic rings. The number of hydrogen-bond donors (Lipinski definition) is 1. The van der Waals surface area contributed by atoms with Crippen LogP contribution in [-0.4, -0.2) is 36.5 Å². The molecule has 1 heterocycles. The standard InChI is InChI=1S/C12H12F4N2O2/c13-8-1-7(12(14,15)16)2-9(3-8)20-10-5-18(6-10)11(19)4-17/h1-3,10H,4-6,17H2. The molecule has 110 valence electrons. The van der Waals surface area contributed by atoms with Crippen LogP contribution in [0.25, 0.3) is 0 Å². The summed E-state index contributed by atoms with van der Waals surface area (Å²) in [7, 11) is 0. The summed E-state index contributed by atoms with van der Waals surface area (Å²) in [5, 5.41) is 0. The number of amides is 1. The summed E-state index contributed by atoms with van der Waals surface area (Å²) in [5.74, 6) is -1.49. The number of carbonyl (C=O) groups excluding carboxylic acids is 1. The van der Waals surface area contributed by atoms with Crippen LogP contribution in [0, 0.1) is 5.82 Å². The van der Waals surface area contributed by atoms with Crippen LogP contribution in [0.4, 0.5) is 17.6 Å². The van der Waals surface area contributed by atoms with Gasteiger partial charge >= 0.3 is 6.18 Å². The van der Waals surface area contributed by atoms with E-state index in [1.165, 1.54) is 4.90 Å². The van der Waals surface area contributed by atoms with Crippen molar-refractivity contribution in [2.45, 2.75) is 12.3 Å². The van der Waals surface area contributed by atoms with Crippen LogP contribution in [0.1, 0.15) is 5.56 Å². The molecule has 8 heteroatoms. The van der Waals surface area contributed by atoms with E-state index in [4.69, 9.17) is 10.5 Å². The fraction of sp³-hybridized carbons (Fsp3) is 0.417. The number of nitrogens with zero attached hydrogens (tertiary/aromatic N) is 1. The van der Waals surface area contributed by atoms with Crippen LogP contribution < -0.4 is 10.5 Å². The van der Waals surface area contributed by atoms with Crippen LogP contribution in [-0.2, 0) is 11.0 Å². The highest BCUT2D eigenvalue weighted by Crippen LogP contribution is 2.33. The molecule has 2 N–H and O–H groups in total. The maximum Gasteiger partial charge on any atom is 0.416 e. The van der Waals surface area contributed by atoms with E-state index in [1.807, 2.05) is 0 Å². The van der Waals surface area contributed by atoms with Crippen LogP contribution in [0.15, 0.2) is 18.2 Å². The normalized spacial score (nSPS) is 15.9. The van der Waals surface area contributed by atoms with Crippen LogP contribution in [0.3, 0.4) is 0 Å². The average molecular weight is 292 g/mol. The summed E-state index contributed by atoms with van der Waals surface area (Å²) in [6.07, 6.45) is -5.09. The zero-order chi connectivity index (χ0) is 14.9. The molecule has 1 aliphatic heterocycles. The number of ether oxygens (including phenoxy) is 1.